The second-order valence-corrected chi connectivity index (χ2v) is 5.32. The molecule has 1 atom stereocenters. The van der Waals surface area contributed by atoms with Crippen LogP contribution in [-0.4, -0.2) is 29.4 Å². The lowest BCUT2D eigenvalue weighted by Gasteiger charge is -2.26. The molecule has 5 nitrogen and oxygen atoms in total. The molecular weight excluding hydrogens is 339 g/mol. The van der Waals surface area contributed by atoms with E-state index >= 15 is 0 Å². The van der Waals surface area contributed by atoms with Gasteiger partial charge in [-0.25, -0.2) is 4.79 Å². The van der Waals surface area contributed by atoms with E-state index in [2.05, 4.69) is 0 Å². The van der Waals surface area contributed by atoms with Gasteiger partial charge in [-0.2, -0.15) is 0 Å². The smallest absolute Gasteiger partial charge is 0.331 e. The van der Waals surface area contributed by atoms with Crippen molar-refractivity contribution >= 4 is 52.9 Å². The molecule has 0 amide bonds. The predicted molar refractivity (Wildman–Crippen MR) is 81.2 cm³/mol. The Morgan fingerprint density at radius 2 is 2.14 bits per heavy atom. The van der Waals surface area contributed by atoms with Crippen molar-refractivity contribution in [3.05, 3.63) is 40.0 Å². The number of carbonyl (C=O) groups excluding carboxylic acids is 2. The van der Waals surface area contributed by atoms with Crippen LogP contribution in [-0.2, 0) is 14.3 Å². The summed E-state index contributed by atoms with van der Waals surface area (Å²) in [5.41, 5.74) is 0.664. The van der Waals surface area contributed by atoms with Crippen LogP contribution in [0.1, 0.15) is 6.92 Å². The van der Waals surface area contributed by atoms with Gasteiger partial charge in [0, 0.05) is 28.6 Å². The molecule has 1 heterocycles. The molecule has 112 valence electrons. The fourth-order valence-electron chi connectivity index (χ4n) is 1.89. The maximum Gasteiger partial charge on any atom is 0.331 e. The average molecular weight is 350 g/mol. The van der Waals surface area contributed by atoms with Crippen LogP contribution in [0.3, 0.4) is 0 Å². The maximum atomic E-state index is 11.9. The van der Waals surface area contributed by atoms with Gasteiger partial charge < -0.3 is 4.74 Å². The van der Waals surface area contributed by atoms with Gasteiger partial charge >= 0.3 is 5.97 Å². The van der Waals surface area contributed by atoms with Crippen molar-refractivity contribution in [2.75, 3.05) is 11.6 Å². The molecule has 1 unspecified atom stereocenters. The molecule has 0 N–H and O–H groups in total. The second-order valence-electron chi connectivity index (χ2n) is 4.13. The Labute approximate surface area is 136 Å². The minimum atomic E-state index is -1.02. The van der Waals surface area contributed by atoms with Gasteiger partial charge in [-0.05, 0) is 25.1 Å². The molecule has 1 aliphatic heterocycles. The lowest BCUT2D eigenvalue weighted by atomic mass is 10.1. The van der Waals surface area contributed by atoms with E-state index in [0.29, 0.717) is 22.0 Å². The summed E-state index contributed by atoms with van der Waals surface area (Å²) in [4.78, 5) is 23.1. The number of nitrogens with zero attached hydrogens (tertiary/aromatic N) is 2. The van der Waals surface area contributed by atoms with E-state index in [0.717, 1.165) is 4.53 Å². The van der Waals surface area contributed by atoms with E-state index in [-0.39, 0.29) is 12.2 Å². The van der Waals surface area contributed by atoms with E-state index in [1.54, 1.807) is 19.1 Å². The number of hydrogen-bond donors (Lipinski definition) is 0. The zero-order valence-corrected chi connectivity index (χ0v) is 13.2. The average Bonchev–Trinajstić information content (AvgIpc) is 2.76. The van der Waals surface area contributed by atoms with Gasteiger partial charge in [-0.15, -0.1) is 4.53 Å². The predicted octanol–water partition coefficient (Wildman–Crippen LogP) is 3.20. The third-order valence-electron chi connectivity index (χ3n) is 2.81. The van der Waals surface area contributed by atoms with E-state index in [1.165, 1.54) is 17.3 Å². The largest absolute Gasteiger partial charge is 0.464 e. The third kappa shape index (κ3) is 3.16. The Bertz CT molecular complexity index is 606. The van der Waals surface area contributed by atoms with Crippen molar-refractivity contribution < 1.29 is 14.3 Å². The first-order valence-corrected chi connectivity index (χ1v) is 7.11. The van der Waals surface area contributed by atoms with Crippen molar-refractivity contribution in [1.29, 1.82) is 0 Å². The zero-order chi connectivity index (χ0) is 15.6. The number of anilines is 1. The van der Waals surface area contributed by atoms with Crippen LogP contribution < -0.4 is 5.01 Å². The van der Waals surface area contributed by atoms with Gasteiger partial charge in [0.2, 0.25) is 0 Å². The van der Waals surface area contributed by atoms with Crippen molar-refractivity contribution in [3.63, 3.8) is 0 Å². The summed E-state index contributed by atoms with van der Waals surface area (Å²) in [7, 11) is 0. The second kappa shape index (κ2) is 6.66. The van der Waals surface area contributed by atoms with E-state index in [9.17, 15) is 9.59 Å². The number of hydrazine groups is 1. The minimum absolute atomic E-state index is 0.175. The van der Waals surface area contributed by atoms with Gasteiger partial charge in [-0.1, -0.05) is 23.2 Å². The highest BCUT2D eigenvalue weighted by molar-refractivity contribution is 6.36. The van der Waals surface area contributed by atoms with E-state index in [4.69, 9.17) is 39.7 Å². The number of ether oxygens (including phenoxy) is 1. The summed E-state index contributed by atoms with van der Waals surface area (Å²) in [6.07, 6.45) is 1.98. The van der Waals surface area contributed by atoms with Crippen molar-refractivity contribution in [2.24, 2.45) is 0 Å². The number of esters is 1. The van der Waals surface area contributed by atoms with Crippen LogP contribution in [0.4, 0.5) is 5.69 Å². The molecule has 21 heavy (non-hydrogen) atoms. The van der Waals surface area contributed by atoms with Gasteiger partial charge in [0.1, 0.15) is 6.29 Å². The van der Waals surface area contributed by atoms with Crippen LogP contribution in [0, 0.1) is 0 Å². The van der Waals surface area contributed by atoms with E-state index in [1.807, 2.05) is 0 Å². The van der Waals surface area contributed by atoms with Gasteiger partial charge in [0.05, 0.1) is 17.3 Å². The van der Waals surface area contributed by atoms with Gasteiger partial charge in [0.25, 0.3) is 0 Å². The molecular formula is C13H11Cl3N2O3. The first-order valence-electron chi connectivity index (χ1n) is 6.02. The highest BCUT2D eigenvalue weighted by atomic mass is 35.5. The third-order valence-corrected chi connectivity index (χ3v) is 3.70. The van der Waals surface area contributed by atoms with Gasteiger partial charge in [0.15, 0.2) is 6.04 Å². The molecule has 0 saturated heterocycles. The molecule has 0 aromatic heterocycles. The SMILES string of the molecule is CCOC(=O)C1C(C=O)=CN(c2ccc(Cl)cc2Cl)N1Cl. The lowest BCUT2D eigenvalue weighted by Crippen LogP contribution is -2.40. The summed E-state index contributed by atoms with van der Waals surface area (Å²) in [5.74, 6) is -0.613. The summed E-state index contributed by atoms with van der Waals surface area (Å²) < 4.78 is 5.98. The van der Waals surface area contributed by atoms with Crippen LogP contribution in [0.5, 0.6) is 0 Å². The molecule has 1 aliphatic rings. The summed E-state index contributed by atoms with van der Waals surface area (Å²) in [5, 5.41) is 2.19. The fraction of sp³-hybridized carbons (Fsp3) is 0.231. The summed E-state index contributed by atoms with van der Waals surface area (Å²) in [6.45, 7) is 1.86. The summed E-state index contributed by atoms with van der Waals surface area (Å²) >= 11 is 18.1. The van der Waals surface area contributed by atoms with Crippen LogP contribution in [0.2, 0.25) is 10.0 Å². The molecule has 0 radical (unpaired) electrons. The van der Waals surface area contributed by atoms with Crippen LogP contribution in [0.25, 0.3) is 0 Å². The number of carbonyl (C=O) groups is 2. The lowest BCUT2D eigenvalue weighted by molar-refractivity contribution is -0.146. The number of halogens is 3. The quantitative estimate of drug-likeness (QED) is 0.475. The molecule has 0 fully saturated rings. The topological polar surface area (TPSA) is 49.9 Å². The van der Waals surface area contributed by atoms with Crippen molar-refractivity contribution in [2.45, 2.75) is 13.0 Å². The first-order chi connectivity index (χ1) is 9.99. The van der Waals surface area contributed by atoms with Crippen LogP contribution in [0.15, 0.2) is 30.0 Å². The number of rotatable bonds is 4. The first kappa shape index (κ1) is 16.1. The Hall–Kier alpha value is -1.27. The maximum absolute atomic E-state index is 11.9. The Morgan fingerprint density at radius 1 is 1.43 bits per heavy atom. The molecule has 1 aromatic rings. The van der Waals surface area contributed by atoms with Crippen molar-refractivity contribution in [1.82, 2.24) is 4.53 Å². The van der Waals surface area contributed by atoms with Crippen molar-refractivity contribution in [3.8, 4) is 0 Å². The monoisotopic (exact) mass is 348 g/mol. The normalized spacial score (nSPS) is 18.6. The molecule has 0 aliphatic carbocycles. The summed E-state index contributed by atoms with van der Waals surface area (Å²) in [6, 6.07) is 3.78. The molecule has 0 bridgehead atoms. The number of benzene rings is 1. The fourth-order valence-corrected chi connectivity index (χ4v) is 2.71. The Morgan fingerprint density at radius 3 is 2.71 bits per heavy atom. The Kier molecular flexibility index (Phi) is 5.11. The van der Waals surface area contributed by atoms with Gasteiger partial charge in [-0.3, -0.25) is 9.80 Å². The zero-order valence-electron chi connectivity index (χ0n) is 10.9. The molecule has 1 aromatic carbocycles. The standard InChI is InChI=1S/C13H11Cl3N2O3/c1-2-21-13(20)12-8(7-19)6-17(18(12)16)11-4-3-9(14)5-10(11)15/h3-7,12H,2H2,1H3. The number of aldehydes is 1. The molecule has 8 heteroatoms. The molecule has 0 spiro atoms. The molecule has 2 rings (SSSR count). The highest BCUT2D eigenvalue weighted by Crippen LogP contribution is 2.35. The highest BCUT2D eigenvalue weighted by Gasteiger charge is 2.39. The Balaban J connectivity index is 2.36. The van der Waals surface area contributed by atoms with Crippen LogP contribution >= 0.6 is 35.0 Å². The number of hydrogen-bond acceptors (Lipinski definition) is 5. The van der Waals surface area contributed by atoms with E-state index < -0.39 is 12.0 Å². The molecule has 0 saturated carbocycles. The minimum Gasteiger partial charge on any atom is -0.464 e.